The third kappa shape index (κ3) is 5.17. The molecule has 0 spiro atoms. The monoisotopic (exact) mass is 313 g/mol. The number of anilines is 1. The number of alkyl carbamates (subject to hydrolysis) is 1. The van der Waals surface area contributed by atoms with Crippen molar-refractivity contribution in [1.29, 1.82) is 0 Å². The van der Waals surface area contributed by atoms with E-state index in [0.717, 1.165) is 35.9 Å². The molecular formula is C14H23N3O3S. The van der Waals surface area contributed by atoms with Crippen LogP contribution in [0.3, 0.4) is 0 Å². The standard InChI is InChI=1S/C14H23N3O3S/c1-14(2,3)20-13(19)16-9-11-8-15-12(21-11)17-6-4-10(18)5-7-17/h8,10,18H,4-7,9H2,1-3H3,(H,16,19). The van der Waals surface area contributed by atoms with Crippen molar-refractivity contribution in [3.8, 4) is 0 Å². The van der Waals surface area contributed by atoms with Crippen molar-refractivity contribution < 1.29 is 14.6 Å². The lowest BCUT2D eigenvalue weighted by molar-refractivity contribution is 0.0524. The van der Waals surface area contributed by atoms with Gasteiger partial charge < -0.3 is 20.1 Å². The molecular weight excluding hydrogens is 290 g/mol. The average molecular weight is 313 g/mol. The van der Waals surface area contributed by atoms with Crippen LogP contribution in [0.1, 0.15) is 38.5 Å². The Labute approximate surface area is 129 Å². The fourth-order valence-electron chi connectivity index (χ4n) is 2.06. The molecule has 0 aliphatic carbocycles. The summed E-state index contributed by atoms with van der Waals surface area (Å²) in [5.41, 5.74) is -0.489. The van der Waals surface area contributed by atoms with Crippen LogP contribution >= 0.6 is 11.3 Å². The van der Waals surface area contributed by atoms with Crippen LogP contribution in [0.2, 0.25) is 0 Å². The summed E-state index contributed by atoms with van der Waals surface area (Å²) in [7, 11) is 0. The lowest BCUT2D eigenvalue weighted by Crippen LogP contribution is -2.35. The summed E-state index contributed by atoms with van der Waals surface area (Å²) in [6, 6.07) is 0. The highest BCUT2D eigenvalue weighted by atomic mass is 32.1. The number of hydrogen-bond donors (Lipinski definition) is 2. The number of aliphatic hydroxyl groups excluding tert-OH is 1. The zero-order valence-electron chi connectivity index (χ0n) is 12.8. The van der Waals surface area contributed by atoms with Crippen LogP contribution in [0.15, 0.2) is 6.20 Å². The van der Waals surface area contributed by atoms with Gasteiger partial charge in [-0.05, 0) is 33.6 Å². The third-order valence-electron chi connectivity index (χ3n) is 3.08. The molecule has 1 aromatic rings. The predicted octanol–water partition coefficient (Wildman–Crippen LogP) is 2.13. The topological polar surface area (TPSA) is 74.7 Å². The molecule has 1 aromatic heterocycles. The molecule has 2 rings (SSSR count). The Morgan fingerprint density at radius 1 is 1.52 bits per heavy atom. The maximum absolute atomic E-state index is 11.6. The summed E-state index contributed by atoms with van der Waals surface area (Å²) >= 11 is 1.56. The van der Waals surface area contributed by atoms with Crippen LogP contribution in [-0.2, 0) is 11.3 Å². The molecule has 2 N–H and O–H groups in total. The van der Waals surface area contributed by atoms with E-state index in [1.165, 1.54) is 0 Å². The molecule has 0 saturated carbocycles. The highest BCUT2D eigenvalue weighted by Gasteiger charge is 2.20. The fourth-order valence-corrected chi connectivity index (χ4v) is 2.96. The van der Waals surface area contributed by atoms with E-state index in [-0.39, 0.29) is 6.10 Å². The van der Waals surface area contributed by atoms with Gasteiger partial charge in [0.15, 0.2) is 5.13 Å². The number of nitrogens with one attached hydrogen (secondary N) is 1. The van der Waals surface area contributed by atoms with Crippen molar-refractivity contribution in [2.75, 3.05) is 18.0 Å². The smallest absolute Gasteiger partial charge is 0.407 e. The Kier molecular flexibility index (Phi) is 5.05. The molecule has 6 nitrogen and oxygen atoms in total. The average Bonchev–Trinajstić information content (AvgIpc) is 2.84. The number of amides is 1. The van der Waals surface area contributed by atoms with Gasteiger partial charge in [0, 0.05) is 24.2 Å². The van der Waals surface area contributed by atoms with Crippen molar-refractivity contribution in [3.05, 3.63) is 11.1 Å². The number of aliphatic hydroxyl groups is 1. The number of aromatic nitrogens is 1. The molecule has 1 fully saturated rings. The molecule has 21 heavy (non-hydrogen) atoms. The van der Waals surface area contributed by atoms with Gasteiger partial charge in [0.2, 0.25) is 0 Å². The Bertz CT molecular complexity index is 476. The molecule has 0 unspecified atom stereocenters. The lowest BCUT2D eigenvalue weighted by Gasteiger charge is -2.29. The number of carbonyl (C=O) groups is 1. The van der Waals surface area contributed by atoms with Crippen LogP contribution in [0, 0.1) is 0 Å². The number of ether oxygens (including phenoxy) is 1. The highest BCUT2D eigenvalue weighted by Crippen LogP contribution is 2.25. The molecule has 1 amide bonds. The quantitative estimate of drug-likeness (QED) is 0.894. The van der Waals surface area contributed by atoms with Gasteiger partial charge in [0.25, 0.3) is 0 Å². The summed E-state index contributed by atoms with van der Waals surface area (Å²) in [6.07, 6.45) is 2.74. The van der Waals surface area contributed by atoms with Crippen molar-refractivity contribution >= 4 is 22.6 Å². The van der Waals surface area contributed by atoms with Crippen LogP contribution in [0.4, 0.5) is 9.93 Å². The van der Waals surface area contributed by atoms with E-state index in [2.05, 4.69) is 15.2 Å². The van der Waals surface area contributed by atoms with Crippen molar-refractivity contribution in [3.63, 3.8) is 0 Å². The zero-order chi connectivity index (χ0) is 15.5. The van der Waals surface area contributed by atoms with Crippen LogP contribution < -0.4 is 10.2 Å². The highest BCUT2D eigenvalue weighted by molar-refractivity contribution is 7.15. The van der Waals surface area contributed by atoms with Crippen molar-refractivity contribution in [2.24, 2.45) is 0 Å². The summed E-state index contributed by atoms with van der Waals surface area (Å²) in [5, 5.41) is 13.2. The summed E-state index contributed by atoms with van der Waals surface area (Å²) < 4.78 is 5.19. The molecule has 7 heteroatoms. The first-order chi connectivity index (χ1) is 9.83. The second kappa shape index (κ2) is 6.62. The Balaban J connectivity index is 1.82. The summed E-state index contributed by atoms with van der Waals surface area (Å²) in [6.45, 7) is 7.58. The lowest BCUT2D eigenvalue weighted by atomic mass is 10.1. The van der Waals surface area contributed by atoms with Gasteiger partial charge in [0.1, 0.15) is 5.60 Å². The van der Waals surface area contributed by atoms with Crippen molar-refractivity contribution in [1.82, 2.24) is 10.3 Å². The largest absolute Gasteiger partial charge is 0.444 e. The number of hydrogen-bond acceptors (Lipinski definition) is 6. The zero-order valence-corrected chi connectivity index (χ0v) is 13.6. The van der Waals surface area contributed by atoms with E-state index in [1.54, 1.807) is 17.5 Å². The predicted molar refractivity (Wildman–Crippen MR) is 82.6 cm³/mol. The van der Waals surface area contributed by atoms with E-state index in [9.17, 15) is 9.90 Å². The van der Waals surface area contributed by atoms with Gasteiger partial charge in [-0.3, -0.25) is 0 Å². The summed E-state index contributed by atoms with van der Waals surface area (Å²) in [4.78, 5) is 19.1. The maximum atomic E-state index is 11.6. The minimum absolute atomic E-state index is 0.186. The Hall–Kier alpha value is -1.34. The Morgan fingerprint density at radius 2 is 2.19 bits per heavy atom. The van der Waals surface area contributed by atoms with Crippen LogP contribution in [-0.4, -0.2) is 41.0 Å². The van der Waals surface area contributed by atoms with Gasteiger partial charge in [-0.2, -0.15) is 0 Å². The van der Waals surface area contributed by atoms with Gasteiger partial charge in [-0.15, -0.1) is 11.3 Å². The van der Waals surface area contributed by atoms with Crippen LogP contribution in [0.5, 0.6) is 0 Å². The van der Waals surface area contributed by atoms with Gasteiger partial charge in [-0.1, -0.05) is 0 Å². The molecule has 2 heterocycles. The van der Waals surface area contributed by atoms with E-state index in [4.69, 9.17) is 4.74 Å². The fraction of sp³-hybridized carbons (Fsp3) is 0.714. The van der Waals surface area contributed by atoms with Crippen molar-refractivity contribution in [2.45, 2.75) is 51.9 Å². The second-order valence-electron chi connectivity index (χ2n) is 6.18. The second-order valence-corrected chi connectivity index (χ2v) is 7.28. The first kappa shape index (κ1) is 16.0. The van der Waals surface area contributed by atoms with Crippen LogP contribution in [0.25, 0.3) is 0 Å². The van der Waals surface area contributed by atoms with E-state index >= 15 is 0 Å². The molecule has 1 aliphatic heterocycles. The SMILES string of the molecule is CC(C)(C)OC(=O)NCc1cnc(N2CCC(O)CC2)s1. The first-order valence-corrected chi connectivity index (χ1v) is 8.00. The minimum Gasteiger partial charge on any atom is -0.444 e. The normalized spacial score (nSPS) is 16.9. The molecule has 1 aliphatic rings. The number of piperidine rings is 1. The number of carbonyl (C=O) groups excluding carboxylic acids is 1. The van der Waals surface area contributed by atoms with Gasteiger partial charge >= 0.3 is 6.09 Å². The molecule has 0 atom stereocenters. The molecule has 0 radical (unpaired) electrons. The Morgan fingerprint density at radius 3 is 2.81 bits per heavy atom. The number of rotatable bonds is 3. The molecule has 0 bridgehead atoms. The minimum atomic E-state index is -0.489. The number of thiazole rings is 1. The first-order valence-electron chi connectivity index (χ1n) is 7.18. The third-order valence-corrected chi connectivity index (χ3v) is 4.14. The molecule has 118 valence electrons. The molecule has 0 aromatic carbocycles. The number of nitrogens with zero attached hydrogens (tertiary/aromatic N) is 2. The van der Waals surface area contributed by atoms with E-state index < -0.39 is 11.7 Å². The van der Waals surface area contributed by atoms with Gasteiger partial charge in [-0.25, -0.2) is 9.78 Å². The summed E-state index contributed by atoms with van der Waals surface area (Å²) in [5.74, 6) is 0. The molecule has 1 saturated heterocycles. The maximum Gasteiger partial charge on any atom is 0.407 e. The van der Waals surface area contributed by atoms with E-state index in [1.807, 2.05) is 20.8 Å². The van der Waals surface area contributed by atoms with E-state index in [0.29, 0.717) is 6.54 Å². The van der Waals surface area contributed by atoms with Gasteiger partial charge in [0.05, 0.1) is 12.6 Å².